The number of hydrogen-bond acceptors (Lipinski definition) is 3. The minimum Gasteiger partial charge on any atom is -0.479 e. The van der Waals surface area contributed by atoms with E-state index in [-0.39, 0.29) is 0 Å². The van der Waals surface area contributed by atoms with Gasteiger partial charge in [0, 0.05) is 0 Å². The third-order valence-corrected chi connectivity index (χ3v) is 1.24. The van der Waals surface area contributed by atoms with Gasteiger partial charge >= 0.3 is 5.97 Å². The summed E-state index contributed by atoms with van der Waals surface area (Å²) in [7, 11) is 0. The zero-order chi connectivity index (χ0) is 7.44. The van der Waals surface area contributed by atoms with E-state index in [9.17, 15) is 4.79 Å². The number of halogens is 1. The van der Waals surface area contributed by atoms with Crippen molar-refractivity contribution in [3.8, 4) is 0 Å². The summed E-state index contributed by atoms with van der Waals surface area (Å²) in [6.07, 6.45) is -1.44. The maximum atomic E-state index is 9.95. The molecule has 4 nitrogen and oxygen atoms in total. The Hall–Kier alpha value is -0.320. The maximum Gasteiger partial charge on any atom is 0.334 e. The van der Waals surface area contributed by atoms with Gasteiger partial charge in [-0.15, -0.1) is 0 Å². The largest absolute Gasteiger partial charge is 0.479 e. The van der Waals surface area contributed by atoms with Crippen molar-refractivity contribution in [3.63, 3.8) is 0 Å². The minimum absolute atomic E-state index is 0.635. The highest BCUT2D eigenvalue weighted by atomic mass is 35.5. The van der Waals surface area contributed by atoms with Crippen LogP contribution in [0.15, 0.2) is 0 Å². The minimum atomic E-state index is -1.44. The summed E-state index contributed by atoms with van der Waals surface area (Å²) < 4.78 is 0. The smallest absolute Gasteiger partial charge is 0.334 e. The Labute approximate surface area is 57.5 Å². The molecule has 2 atom stereocenters. The summed E-state index contributed by atoms with van der Waals surface area (Å²) in [6, 6.07) is -0.635. The van der Waals surface area contributed by atoms with E-state index < -0.39 is 18.1 Å². The highest BCUT2D eigenvalue weighted by Crippen LogP contribution is 1.92. The third-order valence-electron chi connectivity index (χ3n) is 0.899. The molecule has 0 saturated carbocycles. The van der Waals surface area contributed by atoms with Gasteiger partial charge in [-0.3, -0.25) is 0 Å². The van der Waals surface area contributed by atoms with Crippen LogP contribution >= 0.6 is 11.8 Å². The maximum absolute atomic E-state index is 9.95. The molecule has 0 aliphatic heterocycles. The molecule has 0 amide bonds. The molecule has 9 heavy (non-hydrogen) atoms. The van der Waals surface area contributed by atoms with Gasteiger partial charge < -0.3 is 10.2 Å². The van der Waals surface area contributed by atoms with Crippen LogP contribution in [0.1, 0.15) is 6.92 Å². The number of hydrogen-bond donors (Lipinski definition) is 3. The Balaban J connectivity index is 3.72. The molecule has 0 saturated heterocycles. The Morgan fingerprint density at radius 2 is 2.22 bits per heavy atom. The number of carbonyl (C=O) groups is 1. The van der Waals surface area contributed by atoms with E-state index in [0.717, 1.165) is 0 Å². The molecule has 0 aliphatic rings. The molecule has 0 spiro atoms. The van der Waals surface area contributed by atoms with Crippen LogP contribution in [0.4, 0.5) is 0 Å². The first-order valence-electron chi connectivity index (χ1n) is 2.36. The van der Waals surface area contributed by atoms with Crippen molar-refractivity contribution in [1.82, 2.24) is 4.84 Å². The molecular weight excluding hydrogens is 146 g/mol. The van der Waals surface area contributed by atoms with Gasteiger partial charge in [0.05, 0.1) is 6.04 Å². The Kier molecular flexibility index (Phi) is 3.53. The Morgan fingerprint density at radius 1 is 1.78 bits per heavy atom. The van der Waals surface area contributed by atoms with E-state index in [2.05, 4.69) is 4.84 Å². The average molecular weight is 154 g/mol. The molecule has 0 aromatic carbocycles. The lowest BCUT2D eigenvalue weighted by Crippen LogP contribution is -2.37. The van der Waals surface area contributed by atoms with Crippen LogP contribution in [0, 0.1) is 0 Å². The molecule has 1 unspecified atom stereocenters. The fraction of sp³-hybridized carbons (Fsp3) is 0.750. The predicted molar refractivity (Wildman–Crippen MR) is 32.1 cm³/mol. The van der Waals surface area contributed by atoms with E-state index >= 15 is 0 Å². The summed E-state index contributed by atoms with van der Waals surface area (Å²) in [6.45, 7) is 1.46. The van der Waals surface area contributed by atoms with Crippen molar-refractivity contribution < 1.29 is 15.0 Å². The molecule has 5 heteroatoms. The Morgan fingerprint density at radius 3 is 2.33 bits per heavy atom. The van der Waals surface area contributed by atoms with Crippen LogP contribution < -0.4 is 4.84 Å². The zero-order valence-corrected chi connectivity index (χ0v) is 5.59. The first kappa shape index (κ1) is 8.68. The summed E-state index contributed by atoms with van der Waals surface area (Å²) in [4.78, 5) is 12.0. The number of aliphatic hydroxyl groups excluding tert-OH is 1. The van der Waals surface area contributed by atoms with Gasteiger partial charge in [0.25, 0.3) is 0 Å². The van der Waals surface area contributed by atoms with Crippen molar-refractivity contribution in [2.45, 2.75) is 19.1 Å². The van der Waals surface area contributed by atoms with Crippen LogP contribution in [0.25, 0.3) is 0 Å². The summed E-state index contributed by atoms with van der Waals surface area (Å²) in [5.74, 6) is -1.28. The zero-order valence-electron chi connectivity index (χ0n) is 4.84. The van der Waals surface area contributed by atoms with Crippen molar-refractivity contribution in [3.05, 3.63) is 0 Å². The van der Waals surface area contributed by atoms with Crippen molar-refractivity contribution in [2.75, 3.05) is 0 Å². The van der Waals surface area contributed by atoms with E-state index in [1.807, 2.05) is 0 Å². The van der Waals surface area contributed by atoms with Gasteiger partial charge in [-0.1, -0.05) is 0 Å². The van der Waals surface area contributed by atoms with Crippen LogP contribution in [-0.4, -0.2) is 28.3 Å². The molecule has 0 radical (unpaired) electrons. The van der Waals surface area contributed by atoms with Crippen LogP contribution in [0.2, 0.25) is 0 Å². The second-order valence-corrected chi connectivity index (χ2v) is 1.90. The Bertz CT molecular complexity index is 108. The van der Waals surface area contributed by atoms with Crippen LogP contribution in [0.3, 0.4) is 0 Å². The fourth-order valence-corrected chi connectivity index (χ4v) is 0.393. The first-order valence-corrected chi connectivity index (χ1v) is 2.74. The summed E-state index contributed by atoms with van der Waals surface area (Å²) >= 11 is 5.02. The lowest BCUT2D eigenvalue weighted by molar-refractivity contribution is -0.147. The van der Waals surface area contributed by atoms with Gasteiger partial charge in [-0.05, 0) is 18.7 Å². The van der Waals surface area contributed by atoms with Gasteiger partial charge in [0.15, 0.2) is 6.10 Å². The third kappa shape index (κ3) is 2.64. The van der Waals surface area contributed by atoms with Crippen LogP contribution in [-0.2, 0) is 4.79 Å². The molecule has 54 valence electrons. The molecule has 0 fully saturated rings. The van der Waals surface area contributed by atoms with Gasteiger partial charge in [-0.25, -0.2) is 9.63 Å². The topological polar surface area (TPSA) is 69.6 Å². The molecule has 0 heterocycles. The fourth-order valence-electron chi connectivity index (χ4n) is 0.274. The molecule has 0 aromatic rings. The first-order chi connectivity index (χ1) is 4.09. The summed E-state index contributed by atoms with van der Waals surface area (Å²) in [5.41, 5.74) is 0. The summed E-state index contributed by atoms with van der Waals surface area (Å²) in [5, 5.41) is 16.8. The van der Waals surface area contributed by atoms with Gasteiger partial charge in [-0.2, -0.15) is 0 Å². The van der Waals surface area contributed by atoms with E-state index in [1.54, 1.807) is 0 Å². The van der Waals surface area contributed by atoms with E-state index in [4.69, 9.17) is 22.0 Å². The number of aliphatic hydroxyl groups is 1. The highest BCUT2D eigenvalue weighted by molar-refractivity contribution is 6.13. The number of aliphatic carboxylic acids is 1. The highest BCUT2D eigenvalue weighted by Gasteiger charge is 2.19. The number of carboxylic acids is 1. The average Bonchev–Trinajstić information content (AvgIpc) is 1.84. The SMILES string of the molecule is C[C@H](NCl)C(O)C(=O)O. The monoisotopic (exact) mass is 153 g/mol. The number of nitrogens with one attached hydrogen (secondary N) is 1. The predicted octanol–water partition coefficient (Wildman–Crippen LogP) is -0.436. The molecule has 0 rings (SSSR count). The molecule has 0 bridgehead atoms. The van der Waals surface area contributed by atoms with E-state index in [1.165, 1.54) is 6.92 Å². The molecule has 0 aliphatic carbocycles. The number of rotatable bonds is 3. The van der Waals surface area contributed by atoms with Crippen molar-refractivity contribution >= 4 is 17.7 Å². The lowest BCUT2D eigenvalue weighted by atomic mass is 10.2. The molecule has 0 aromatic heterocycles. The number of carboxylic acid groups (broad SMARTS) is 1. The van der Waals surface area contributed by atoms with Crippen LogP contribution in [0.5, 0.6) is 0 Å². The molecular formula is C4H8ClNO3. The second-order valence-electron chi connectivity index (χ2n) is 1.68. The van der Waals surface area contributed by atoms with E-state index in [0.29, 0.717) is 0 Å². The second kappa shape index (κ2) is 3.66. The van der Waals surface area contributed by atoms with Crippen molar-refractivity contribution in [1.29, 1.82) is 0 Å². The van der Waals surface area contributed by atoms with Gasteiger partial charge in [0.2, 0.25) is 0 Å². The quantitative estimate of drug-likeness (QED) is 0.481. The lowest BCUT2D eigenvalue weighted by Gasteiger charge is -2.10. The van der Waals surface area contributed by atoms with Gasteiger partial charge in [0.1, 0.15) is 0 Å². The van der Waals surface area contributed by atoms with Crippen molar-refractivity contribution in [2.24, 2.45) is 0 Å². The standard InChI is InChI=1S/C4H8ClNO3/c1-2(6-5)3(7)4(8)9/h2-3,6-7H,1H3,(H,8,9)/t2-,3?/m0/s1. The normalized spacial score (nSPS) is 16.8. The molecule has 3 N–H and O–H groups in total.